The first-order valence-corrected chi connectivity index (χ1v) is 11.1. The molecule has 0 aliphatic carbocycles. The largest absolute Gasteiger partial charge is 0.375 e. The topological polar surface area (TPSA) is 85.2 Å². The van der Waals surface area contributed by atoms with E-state index in [0.717, 1.165) is 24.1 Å². The van der Waals surface area contributed by atoms with Gasteiger partial charge in [0.25, 0.3) is 5.91 Å². The minimum atomic E-state index is -0.247. The molecule has 1 aliphatic rings. The van der Waals surface area contributed by atoms with E-state index in [1.807, 2.05) is 58.8 Å². The Morgan fingerprint density at radius 3 is 2.35 bits per heavy atom. The fourth-order valence-electron chi connectivity index (χ4n) is 4.41. The number of thiazole rings is 1. The molecule has 2 aromatic carbocycles. The third kappa shape index (κ3) is 3.51. The molecular weight excluding hydrogens is 408 g/mol. The number of carbonyl (C=O) groups is 1. The molecular formula is C24H22N4O2S. The molecule has 3 heterocycles. The van der Waals surface area contributed by atoms with Gasteiger partial charge in [-0.2, -0.15) is 0 Å². The lowest BCUT2D eigenvalue weighted by atomic mass is 9.70. The van der Waals surface area contributed by atoms with Gasteiger partial charge in [-0.3, -0.25) is 4.79 Å². The van der Waals surface area contributed by atoms with Crippen molar-refractivity contribution in [2.45, 2.75) is 18.3 Å². The van der Waals surface area contributed by atoms with Gasteiger partial charge in [-0.15, -0.1) is 11.3 Å². The monoisotopic (exact) mass is 430 g/mol. The number of piperidine rings is 1. The summed E-state index contributed by atoms with van der Waals surface area (Å²) in [6, 6.07) is 20.0. The number of hydrogen-bond acceptors (Lipinski definition) is 6. The Morgan fingerprint density at radius 1 is 1.03 bits per heavy atom. The van der Waals surface area contributed by atoms with E-state index in [-0.39, 0.29) is 11.3 Å². The number of carbonyl (C=O) groups excluding carboxylic acids is 1. The highest BCUT2D eigenvalue weighted by Crippen LogP contribution is 2.42. The summed E-state index contributed by atoms with van der Waals surface area (Å²) in [6.07, 6.45) is 3.00. The second-order valence-electron chi connectivity index (χ2n) is 7.75. The van der Waals surface area contributed by atoms with Crippen molar-refractivity contribution in [1.82, 2.24) is 15.0 Å². The number of likely N-dealkylation sites (tertiary alicyclic amines) is 1. The van der Waals surface area contributed by atoms with Gasteiger partial charge in [-0.1, -0.05) is 65.8 Å². The molecule has 6 nitrogen and oxygen atoms in total. The fourth-order valence-corrected chi connectivity index (χ4v) is 5.07. The molecule has 1 amide bonds. The number of amides is 1. The lowest BCUT2D eigenvalue weighted by Crippen LogP contribution is -2.46. The number of nitrogens with zero attached hydrogens (tertiary/aromatic N) is 3. The van der Waals surface area contributed by atoms with Crippen LogP contribution in [0.25, 0.3) is 11.3 Å². The van der Waals surface area contributed by atoms with Crippen LogP contribution in [0.5, 0.6) is 0 Å². The number of hydrogen-bond donors (Lipinski definition) is 1. The van der Waals surface area contributed by atoms with Crippen LogP contribution < -0.4 is 5.73 Å². The SMILES string of the molecule is Nc1nc(C2(c3ccccc3)CCN(C(=O)c3conc3-c3ccccc3)CC2)cs1. The number of anilines is 1. The summed E-state index contributed by atoms with van der Waals surface area (Å²) in [4.78, 5) is 19.8. The molecule has 0 saturated carbocycles. The molecule has 4 aromatic rings. The number of aromatic nitrogens is 2. The average molecular weight is 431 g/mol. The molecule has 1 aliphatic heterocycles. The van der Waals surface area contributed by atoms with Crippen LogP contribution in [0.1, 0.15) is 34.5 Å². The van der Waals surface area contributed by atoms with E-state index in [1.54, 1.807) is 0 Å². The number of nitrogen functional groups attached to an aromatic ring is 1. The van der Waals surface area contributed by atoms with Crippen LogP contribution in [0.3, 0.4) is 0 Å². The quantitative estimate of drug-likeness (QED) is 0.511. The summed E-state index contributed by atoms with van der Waals surface area (Å²) in [5, 5.41) is 6.70. The second-order valence-corrected chi connectivity index (χ2v) is 8.64. The van der Waals surface area contributed by atoms with Gasteiger partial charge in [-0.05, 0) is 18.4 Å². The van der Waals surface area contributed by atoms with Crippen molar-refractivity contribution in [2.75, 3.05) is 18.8 Å². The van der Waals surface area contributed by atoms with E-state index in [2.05, 4.69) is 22.3 Å². The van der Waals surface area contributed by atoms with Gasteiger partial charge in [0.1, 0.15) is 17.5 Å². The van der Waals surface area contributed by atoms with Crippen molar-refractivity contribution in [3.05, 3.63) is 89.1 Å². The van der Waals surface area contributed by atoms with Crippen molar-refractivity contribution in [3.8, 4) is 11.3 Å². The standard InChI is InChI=1S/C24H22N4O2S/c25-23-26-20(16-31-23)24(18-9-5-2-6-10-18)11-13-28(14-12-24)22(29)19-15-30-27-21(19)17-7-3-1-4-8-17/h1-10,15-16H,11-14H2,(H2,25,26). The Kier molecular flexibility index (Phi) is 5.03. The first-order valence-electron chi connectivity index (χ1n) is 10.2. The van der Waals surface area contributed by atoms with Crippen LogP contribution in [-0.2, 0) is 5.41 Å². The summed E-state index contributed by atoms with van der Waals surface area (Å²) in [5.41, 5.74) is 9.86. The zero-order chi connectivity index (χ0) is 21.3. The molecule has 31 heavy (non-hydrogen) atoms. The summed E-state index contributed by atoms with van der Waals surface area (Å²) in [5.74, 6) is -0.0560. The average Bonchev–Trinajstić information content (AvgIpc) is 3.49. The van der Waals surface area contributed by atoms with Gasteiger partial charge in [0.2, 0.25) is 0 Å². The zero-order valence-corrected chi connectivity index (χ0v) is 17.7. The van der Waals surface area contributed by atoms with E-state index >= 15 is 0 Å². The molecule has 1 saturated heterocycles. The molecule has 0 unspecified atom stereocenters. The van der Waals surface area contributed by atoms with Crippen LogP contribution in [0, 0.1) is 0 Å². The van der Waals surface area contributed by atoms with Crippen molar-refractivity contribution in [2.24, 2.45) is 0 Å². The van der Waals surface area contributed by atoms with Gasteiger partial charge in [0, 0.05) is 29.4 Å². The molecule has 2 aromatic heterocycles. The summed E-state index contributed by atoms with van der Waals surface area (Å²) < 4.78 is 5.17. The van der Waals surface area contributed by atoms with Crippen molar-refractivity contribution in [1.29, 1.82) is 0 Å². The first-order chi connectivity index (χ1) is 15.2. The summed E-state index contributed by atoms with van der Waals surface area (Å²) in [7, 11) is 0. The van der Waals surface area contributed by atoms with E-state index in [1.165, 1.54) is 23.2 Å². The molecule has 1 fully saturated rings. The van der Waals surface area contributed by atoms with Crippen molar-refractivity contribution >= 4 is 22.4 Å². The van der Waals surface area contributed by atoms with Crippen LogP contribution >= 0.6 is 11.3 Å². The van der Waals surface area contributed by atoms with Crippen LogP contribution in [0.15, 0.2) is 76.8 Å². The van der Waals surface area contributed by atoms with E-state index in [4.69, 9.17) is 10.3 Å². The highest BCUT2D eigenvalue weighted by molar-refractivity contribution is 7.13. The minimum absolute atomic E-state index is 0.0560. The molecule has 5 rings (SSSR count). The Bertz CT molecular complexity index is 1180. The third-order valence-electron chi connectivity index (χ3n) is 6.09. The predicted octanol–water partition coefficient (Wildman–Crippen LogP) is 4.60. The molecule has 2 N–H and O–H groups in total. The van der Waals surface area contributed by atoms with Crippen LogP contribution in [0.4, 0.5) is 5.13 Å². The second kappa shape index (κ2) is 8.00. The maximum Gasteiger partial charge on any atom is 0.259 e. The van der Waals surface area contributed by atoms with Crippen molar-refractivity contribution < 1.29 is 9.32 Å². The van der Waals surface area contributed by atoms with Gasteiger partial charge < -0.3 is 15.2 Å². The molecule has 0 bridgehead atoms. The van der Waals surface area contributed by atoms with E-state index < -0.39 is 0 Å². The van der Waals surface area contributed by atoms with Gasteiger partial charge in [0.15, 0.2) is 5.13 Å². The van der Waals surface area contributed by atoms with E-state index in [0.29, 0.717) is 29.5 Å². The Balaban J connectivity index is 1.42. The molecule has 0 spiro atoms. The predicted molar refractivity (Wildman–Crippen MR) is 121 cm³/mol. The first kappa shape index (κ1) is 19.5. The summed E-state index contributed by atoms with van der Waals surface area (Å²) >= 11 is 1.46. The molecule has 7 heteroatoms. The third-order valence-corrected chi connectivity index (χ3v) is 6.76. The Hall–Kier alpha value is -3.45. The highest BCUT2D eigenvalue weighted by Gasteiger charge is 2.41. The normalized spacial score (nSPS) is 15.7. The number of nitrogens with two attached hydrogens (primary N) is 1. The summed E-state index contributed by atoms with van der Waals surface area (Å²) in [6.45, 7) is 1.23. The fraction of sp³-hybridized carbons (Fsp3) is 0.208. The van der Waals surface area contributed by atoms with Gasteiger partial charge >= 0.3 is 0 Å². The maximum atomic E-state index is 13.3. The van der Waals surface area contributed by atoms with Crippen molar-refractivity contribution in [3.63, 3.8) is 0 Å². The van der Waals surface area contributed by atoms with E-state index in [9.17, 15) is 4.79 Å². The highest BCUT2D eigenvalue weighted by atomic mass is 32.1. The molecule has 0 atom stereocenters. The van der Waals surface area contributed by atoms with Gasteiger partial charge in [0.05, 0.1) is 5.69 Å². The van der Waals surface area contributed by atoms with Crippen LogP contribution in [-0.4, -0.2) is 34.0 Å². The van der Waals surface area contributed by atoms with Gasteiger partial charge in [-0.25, -0.2) is 4.98 Å². The Morgan fingerprint density at radius 2 is 1.71 bits per heavy atom. The smallest absolute Gasteiger partial charge is 0.259 e. The molecule has 0 radical (unpaired) electrons. The number of rotatable bonds is 4. The maximum absolute atomic E-state index is 13.3. The zero-order valence-electron chi connectivity index (χ0n) is 16.9. The minimum Gasteiger partial charge on any atom is -0.375 e. The molecule has 156 valence electrons. The number of benzene rings is 2. The van der Waals surface area contributed by atoms with Crippen LogP contribution in [0.2, 0.25) is 0 Å². The lowest BCUT2D eigenvalue weighted by molar-refractivity contribution is 0.0684. The lowest BCUT2D eigenvalue weighted by Gasteiger charge is -2.41. The Labute approximate surface area is 184 Å².